The minimum atomic E-state index is -0.182. The first-order valence-electron chi connectivity index (χ1n) is 7.12. The Labute approximate surface area is 143 Å². The van der Waals surface area contributed by atoms with E-state index in [2.05, 4.69) is 46.7 Å². The summed E-state index contributed by atoms with van der Waals surface area (Å²) < 4.78 is 14.3. The van der Waals surface area contributed by atoms with Gasteiger partial charge in [-0.05, 0) is 67.1 Å². The highest BCUT2D eigenvalue weighted by Gasteiger charge is 2.17. The third-order valence-electron chi connectivity index (χ3n) is 3.43. The zero-order chi connectivity index (χ0) is 15.4. The first-order chi connectivity index (χ1) is 10.0. The zero-order valence-corrected chi connectivity index (χ0v) is 15.5. The molecule has 0 spiro atoms. The number of aromatic nitrogens is 1. The number of nitrogens with zero attached hydrogens (tertiary/aromatic N) is 1. The normalized spacial score (nSPS) is 12.6. The summed E-state index contributed by atoms with van der Waals surface area (Å²) in [4.78, 5) is 5.90. The monoisotopic (exact) mass is 418 g/mol. The van der Waals surface area contributed by atoms with Crippen LogP contribution in [0, 0.1) is 23.2 Å². The lowest BCUT2D eigenvalue weighted by Crippen LogP contribution is -2.25. The van der Waals surface area contributed by atoms with Crippen molar-refractivity contribution in [1.29, 1.82) is 0 Å². The number of aryl methyl sites for hydroxylation is 2. The maximum absolute atomic E-state index is 13.3. The molecule has 1 aromatic heterocycles. The fraction of sp³-hybridized carbons (Fsp3) is 0.438. The molecule has 5 heteroatoms. The highest BCUT2D eigenvalue weighted by molar-refractivity contribution is 14.1. The zero-order valence-electron chi connectivity index (χ0n) is 12.5. The van der Waals surface area contributed by atoms with Gasteiger partial charge in [-0.2, -0.15) is 0 Å². The molecule has 1 N–H and O–H groups in total. The molecule has 2 aromatic rings. The maximum Gasteiger partial charge on any atom is 0.124 e. The van der Waals surface area contributed by atoms with Gasteiger partial charge in [-0.1, -0.05) is 13.0 Å². The predicted molar refractivity (Wildman–Crippen MR) is 95.4 cm³/mol. The number of benzene rings is 1. The van der Waals surface area contributed by atoms with Gasteiger partial charge in [0.2, 0.25) is 0 Å². The summed E-state index contributed by atoms with van der Waals surface area (Å²) in [5, 5.41) is 4.70. The van der Waals surface area contributed by atoms with Crippen LogP contribution in [0.4, 0.5) is 4.39 Å². The van der Waals surface area contributed by atoms with Crippen LogP contribution >= 0.6 is 33.9 Å². The van der Waals surface area contributed by atoms with Gasteiger partial charge in [0.15, 0.2) is 0 Å². The molecule has 1 atom stereocenters. The molecule has 0 bridgehead atoms. The summed E-state index contributed by atoms with van der Waals surface area (Å²) >= 11 is 3.96. The number of thiazole rings is 1. The summed E-state index contributed by atoms with van der Waals surface area (Å²) in [6, 6.07) is 5.20. The minimum Gasteiger partial charge on any atom is -0.310 e. The number of halogens is 2. The molecule has 114 valence electrons. The van der Waals surface area contributed by atoms with E-state index >= 15 is 0 Å². The van der Waals surface area contributed by atoms with Crippen LogP contribution in [0.25, 0.3) is 0 Å². The van der Waals surface area contributed by atoms with Crippen LogP contribution in [0.1, 0.15) is 40.5 Å². The van der Waals surface area contributed by atoms with E-state index < -0.39 is 0 Å². The standard InChI is InChI=1S/C16H20FIN2S/c1-4-7-19-15(9-16-20-10(2)11(3)21-16)13-6-5-12(17)8-14(13)18/h5-6,8,15,19H,4,7,9H2,1-3H3. The van der Waals surface area contributed by atoms with E-state index in [1.807, 2.05) is 13.0 Å². The van der Waals surface area contributed by atoms with Gasteiger partial charge in [0.25, 0.3) is 0 Å². The van der Waals surface area contributed by atoms with E-state index in [9.17, 15) is 4.39 Å². The average Bonchev–Trinajstić information content (AvgIpc) is 2.74. The molecule has 1 heterocycles. The van der Waals surface area contributed by atoms with Gasteiger partial charge >= 0.3 is 0 Å². The van der Waals surface area contributed by atoms with Crippen molar-refractivity contribution in [3.63, 3.8) is 0 Å². The van der Waals surface area contributed by atoms with E-state index in [4.69, 9.17) is 0 Å². The summed E-state index contributed by atoms with van der Waals surface area (Å²) in [5.74, 6) is -0.182. The van der Waals surface area contributed by atoms with E-state index in [1.54, 1.807) is 17.4 Å². The summed E-state index contributed by atoms with van der Waals surface area (Å²) in [6.07, 6.45) is 1.92. The first kappa shape index (κ1) is 16.8. The van der Waals surface area contributed by atoms with Gasteiger partial charge in [0.1, 0.15) is 5.82 Å². The molecule has 0 saturated carbocycles. The molecule has 1 unspecified atom stereocenters. The van der Waals surface area contributed by atoms with E-state index in [0.717, 1.165) is 39.2 Å². The summed E-state index contributed by atoms with van der Waals surface area (Å²) in [5.41, 5.74) is 2.26. The predicted octanol–water partition coefficient (Wildman–Crippen LogP) is 4.79. The maximum atomic E-state index is 13.3. The van der Waals surface area contributed by atoms with Crippen LogP contribution in [0.2, 0.25) is 0 Å². The molecule has 2 rings (SSSR count). The van der Waals surface area contributed by atoms with Crippen LogP contribution in [0.5, 0.6) is 0 Å². The Bertz CT molecular complexity index is 593. The molecule has 0 fully saturated rings. The van der Waals surface area contributed by atoms with Gasteiger partial charge in [0.05, 0.1) is 10.7 Å². The Hall–Kier alpha value is -0.530. The summed E-state index contributed by atoms with van der Waals surface area (Å²) in [6.45, 7) is 7.25. The molecule has 1 aromatic carbocycles. The third kappa shape index (κ3) is 4.47. The van der Waals surface area contributed by atoms with Crippen molar-refractivity contribution in [1.82, 2.24) is 10.3 Å². The van der Waals surface area contributed by atoms with Crippen molar-refractivity contribution in [2.75, 3.05) is 6.54 Å². The van der Waals surface area contributed by atoms with Crippen LogP contribution in [0.3, 0.4) is 0 Å². The van der Waals surface area contributed by atoms with Crippen LogP contribution in [-0.2, 0) is 6.42 Å². The second-order valence-corrected chi connectivity index (χ2v) is 7.58. The number of hydrogen-bond donors (Lipinski definition) is 1. The van der Waals surface area contributed by atoms with Crippen molar-refractivity contribution in [3.8, 4) is 0 Å². The molecule has 0 aliphatic carbocycles. The Morgan fingerprint density at radius 3 is 2.71 bits per heavy atom. The highest BCUT2D eigenvalue weighted by Crippen LogP contribution is 2.27. The van der Waals surface area contributed by atoms with Gasteiger partial charge in [0, 0.05) is 20.9 Å². The van der Waals surface area contributed by atoms with Gasteiger partial charge < -0.3 is 5.32 Å². The number of nitrogens with one attached hydrogen (secondary N) is 1. The molecule has 0 aliphatic heterocycles. The van der Waals surface area contributed by atoms with Crippen LogP contribution in [-0.4, -0.2) is 11.5 Å². The lowest BCUT2D eigenvalue weighted by atomic mass is 10.0. The molecular weight excluding hydrogens is 398 g/mol. The molecule has 0 saturated heterocycles. The van der Waals surface area contributed by atoms with Crippen molar-refractivity contribution in [2.24, 2.45) is 0 Å². The molecule has 0 aliphatic rings. The van der Waals surface area contributed by atoms with Crippen molar-refractivity contribution in [3.05, 3.63) is 48.7 Å². The Kier molecular flexibility index (Phi) is 6.13. The smallest absolute Gasteiger partial charge is 0.124 e. The van der Waals surface area contributed by atoms with Crippen molar-refractivity contribution in [2.45, 2.75) is 39.7 Å². The van der Waals surface area contributed by atoms with Crippen LogP contribution < -0.4 is 5.32 Å². The molecular formula is C16H20FIN2S. The Morgan fingerprint density at radius 1 is 1.38 bits per heavy atom. The van der Waals surface area contributed by atoms with E-state index in [0.29, 0.717) is 0 Å². The van der Waals surface area contributed by atoms with Crippen molar-refractivity contribution >= 4 is 33.9 Å². The fourth-order valence-electron chi connectivity index (χ4n) is 2.20. The highest BCUT2D eigenvalue weighted by atomic mass is 127. The number of rotatable bonds is 6. The van der Waals surface area contributed by atoms with Gasteiger partial charge in [-0.3, -0.25) is 0 Å². The van der Waals surface area contributed by atoms with Crippen LogP contribution in [0.15, 0.2) is 18.2 Å². The van der Waals surface area contributed by atoms with Crippen molar-refractivity contribution < 1.29 is 4.39 Å². The lowest BCUT2D eigenvalue weighted by Gasteiger charge is -2.19. The number of hydrogen-bond acceptors (Lipinski definition) is 3. The second kappa shape index (κ2) is 7.65. The fourth-order valence-corrected chi connectivity index (χ4v) is 4.03. The first-order valence-corrected chi connectivity index (χ1v) is 9.02. The van der Waals surface area contributed by atoms with Gasteiger partial charge in [-0.15, -0.1) is 11.3 Å². The minimum absolute atomic E-state index is 0.182. The molecule has 2 nitrogen and oxygen atoms in total. The molecule has 21 heavy (non-hydrogen) atoms. The summed E-state index contributed by atoms with van der Waals surface area (Å²) in [7, 11) is 0. The molecule has 0 radical (unpaired) electrons. The van der Waals surface area contributed by atoms with E-state index in [-0.39, 0.29) is 11.9 Å². The largest absolute Gasteiger partial charge is 0.310 e. The van der Waals surface area contributed by atoms with E-state index in [1.165, 1.54) is 10.9 Å². The third-order valence-corrected chi connectivity index (χ3v) is 5.46. The average molecular weight is 418 g/mol. The van der Waals surface area contributed by atoms with Gasteiger partial charge in [-0.25, -0.2) is 9.37 Å². The Balaban J connectivity index is 2.24. The second-order valence-electron chi connectivity index (χ2n) is 5.13. The Morgan fingerprint density at radius 2 is 2.14 bits per heavy atom. The lowest BCUT2D eigenvalue weighted by molar-refractivity contribution is 0.524. The quantitative estimate of drug-likeness (QED) is 0.683. The molecule has 0 amide bonds. The topological polar surface area (TPSA) is 24.9 Å². The SMILES string of the molecule is CCCNC(Cc1nc(C)c(C)s1)c1ccc(F)cc1I.